The Kier molecular flexibility index (Phi) is 7.79. The second-order valence-corrected chi connectivity index (χ2v) is 8.15. The third kappa shape index (κ3) is 6.09. The van der Waals surface area contributed by atoms with Gasteiger partial charge in [0.1, 0.15) is 30.9 Å². The van der Waals surface area contributed by atoms with E-state index in [0.29, 0.717) is 24.9 Å². The Morgan fingerprint density at radius 2 is 2.00 bits per heavy atom. The van der Waals surface area contributed by atoms with E-state index in [2.05, 4.69) is 11.2 Å². The Morgan fingerprint density at radius 1 is 1.26 bits per heavy atom. The molecule has 0 bridgehead atoms. The van der Waals surface area contributed by atoms with Crippen molar-refractivity contribution in [3.8, 4) is 5.75 Å². The van der Waals surface area contributed by atoms with Gasteiger partial charge in [-0.15, -0.1) is 0 Å². The Morgan fingerprint density at radius 3 is 2.70 bits per heavy atom. The van der Waals surface area contributed by atoms with Gasteiger partial charge in [0.15, 0.2) is 0 Å². The number of rotatable bonds is 8. The van der Waals surface area contributed by atoms with E-state index in [9.17, 15) is 9.18 Å². The van der Waals surface area contributed by atoms with Crippen molar-refractivity contribution in [2.45, 2.75) is 31.4 Å². The summed E-state index contributed by atoms with van der Waals surface area (Å²) in [5.41, 5.74) is 0. The maximum Gasteiger partial charge on any atom is 0.248 e. The average molecular weight is 397 g/mol. The van der Waals surface area contributed by atoms with Crippen LogP contribution in [0.4, 0.5) is 4.39 Å². The van der Waals surface area contributed by atoms with Gasteiger partial charge in [0.05, 0.1) is 6.54 Å². The number of hydrogen-bond donors (Lipinski definition) is 0. The van der Waals surface area contributed by atoms with Crippen LogP contribution < -0.4 is 4.74 Å². The highest BCUT2D eigenvalue weighted by molar-refractivity contribution is 7.98. The zero-order valence-electron chi connectivity index (χ0n) is 15.9. The number of morpholine rings is 1. The monoisotopic (exact) mass is 396 g/mol. The second kappa shape index (κ2) is 10.3. The number of carbonyl (C=O) groups excluding carboxylic acids is 1. The number of nitrogens with zero attached hydrogens (tertiary/aromatic N) is 2. The van der Waals surface area contributed by atoms with Crippen molar-refractivity contribution in [1.82, 2.24) is 9.80 Å². The normalized spacial score (nSPS) is 22.2. The molecule has 1 atom stereocenters. The fourth-order valence-electron chi connectivity index (χ4n) is 3.71. The smallest absolute Gasteiger partial charge is 0.248 e. The molecule has 0 unspecified atom stereocenters. The molecule has 7 heteroatoms. The van der Waals surface area contributed by atoms with Crippen molar-refractivity contribution in [2.75, 3.05) is 51.4 Å². The lowest BCUT2D eigenvalue weighted by Crippen LogP contribution is -2.55. The minimum atomic E-state index is -0.284. The van der Waals surface area contributed by atoms with Gasteiger partial charge < -0.3 is 19.3 Å². The van der Waals surface area contributed by atoms with Gasteiger partial charge in [-0.3, -0.25) is 4.79 Å². The van der Waals surface area contributed by atoms with Gasteiger partial charge in [0.2, 0.25) is 5.91 Å². The molecule has 2 aliphatic rings. The number of carbonyl (C=O) groups is 1. The van der Waals surface area contributed by atoms with Crippen LogP contribution in [0.1, 0.15) is 19.3 Å². The third-order valence-corrected chi connectivity index (χ3v) is 5.93. The van der Waals surface area contributed by atoms with Gasteiger partial charge in [0.25, 0.3) is 0 Å². The number of hydrogen-bond acceptors (Lipinski definition) is 5. The van der Waals surface area contributed by atoms with Crippen LogP contribution in [-0.2, 0) is 9.53 Å². The quantitative estimate of drug-likeness (QED) is 0.632. The molecular formula is C20H29FN2O3S. The van der Waals surface area contributed by atoms with Crippen LogP contribution in [0.25, 0.3) is 0 Å². The number of thioether (sulfide) groups is 1. The molecule has 0 N–H and O–H groups in total. The highest BCUT2D eigenvalue weighted by Crippen LogP contribution is 2.21. The van der Waals surface area contributed by atoms with E-state index < -0.39 is 0 Å². The van der Waals surface area contributed by atoms with Crippen molar-refractivity contribution in [3.05, 3.63) is 30.1 Å². The van der Waals surface area contributed by atoms with Crippen LogP contribution in [0.3, 0.4) is 0 Å². The van der Waals surface area contributed by atoms with Crippen LogP contribution in [0, 0.1) is 5.82 Å². The second-order valence-electron chi connectivity index (χ2n) is 7.16. The molecule has 2 heterocycles. The maximum absolute atomic E-state index is 13.0. The van der Waals surface area contributed by atoms with E-state index >= 15 is 0 Å². The Labute approximate surface area is 165 Å². The summed E-state index contributed by atoms with van der Waals surface area (Å²) in [5.74, 6) is 1.61. The van der Waals surface area contributed by atoms with Crippen molar-refractivity contribution in [3.63, 3.8) is 0 Å². The summed E-state index contributed by atoms with van der Waals surface area (Å²) in [7, 11) is 0. The van der Waals surface area contributed by atoms with Crippen LogP contribution in [-0.4, -0.2) is 79.3 Å². The first-order chi connectivity index (χ1) is 13.2. The first-order valence-electron chi connectivity index (χ1n) is 9.66. The van der Waals surface area contributed by atoms with Gasteiger partial charge in [-0.05, 0) is 62.1 Å². The molecule has 150 valence electrons. The molecule has 1 amide bonds. The molecule has 27 heavy (non-hydrogen) atoms. The van der Waals surface area contributed by atoms with Crippen LogP contribution in [0.15, 0.2) is 24.3 Å². The number of amides is 1. The van der Waals surface area contributed by atoms with E-state index in [1.54, 1.807) is 12.1 Å². The highest BCUT2D eigenvalue weighted by atomic mass is 32.2. The molecular weight excluding hydrogens is 367 g/mol. The molecule has 0 saturated carbocycles. The van der Waals surface area contributed by atoms with Gasteiger partial charge in [-0.2, -0.15) is 11.8 Å². The van der Waals surface area contributed by atoms with Gasteiger partial charge >= 0.3 is 0 Å². The first-order valence-corrected chi connectivity index (χ1v) is 11.1. The van der Waals surface area contributed by atoms with Crippen LogP contribution >= 0.6 is 11.8 Å². The Hall–Kier alpha value is -1.31. The zero-order chi connectivity index (χ0) is 19.1. The molecule has 0 spiro atoms. The summed E-state index contributed by atoms with van der Waals surface area (Å²) in [6.07, 6.45) is 5.28. The lowest BCUT2D eigenvalue weighted by Gasteiger charge is -2.42. The minimum Gasteiger partial charge on any atom is -0.491 e. The summed E-state index contributed by atoms with van der Waals surface area (Å²) < 4.78 is 24.3. The lowest BCUT2D eigenvalue weighted by molar-refractivity contribution is -0.155. The molecule has 0 aromatic heterocycles. The molecule has 1 aromatic rings. The van der Waals surface area contributed by atoms with Crippen LogP contribution in [0.5, 0.6) is 5.75 Å². The number of piperidine rings is 1. The van der Waals surface area contributed by atoms with Crippen molar-refractivity contribution >= 4 is 17.7 Å². The summed E-state index contributed by atoms with van der Waals surface area (Å²) in [4.78, 5) is 16.8. The molecule has 2 fully saturated rings. The molecule has 5 nitrogen and oxygen atoms in total. The number of ether oxygens (including phenoxy) is 2. The van der Waals surface area contributed by atoms with E-state index in [0.717, 1.165) is 32.5 Å². The molecule has 0 aliphatic carbocycles. The topological polar surface area (TPSA) is 42.0 Å². The summed E-state index contributed by atoms with van der Waals surface area (Å²) in [6, 6.07) is 6.26. The predicted molar refractivity (Wildman–Crippen MR) is 106 cm³/mol. The standard InChI is InChI=1S/C20H29FN2O3S/c1-27-12-2-9-22-10-7-17(8-11-22)23-13-19(26-15-20(23)24)14-25-18-5-3-16(21)4-6-18/h3-6,17,19H,2,7-15H2,1H3/t19-/m1/s1. The SMILES string of the molecule is CSCCCN1CCC(N2C[C@H](COc3ccc(F)cc3)OCC2=O)CC1. The zero-order valence-corrected chi connectivity index (χ0v) is 16.8. The van der Waals surface area contributed by atoms with Gasteiger partial charge in [0, 0.05) is 19.1 Å². The van der Waals surface area contributed by atoms with Gasteiger partial charge in [-0.25, -0.2) is 4.39 Å². The summed E-state index contributed by atoms with van der Waals surface area (Å²) in [5, 5.41) is 0. The van der Waals surface area contributed by atoms with Crippen molar-refractivity contribution in [1.29, 1.82) is 0 Å². The van der Waals surface area contributed by atoms with E-state index in [-0.39, 0.29) is 24.4 Å². The molecule has 1 aromatic carbocycles. The molecule has 0 radical (unpaired) electrons. The fraction of sp³-hybridized carbons (Fsp3) is 0.650. The molecule has 2 aliphatic heterocycles. The fourth-order valence-corrected chi connectivity index (χ4v) is 4.12. The van der Waals surface area contributed by atoms with Crippen LogP contribution in [0.2, 0.25) is 0 Å². The molecule has 3 rings (SSSR count). The number of likely N-dealkylation sites (tertiary alicyclic amines) is 1. The lowest BCUT2D eigenvalue weighted by atomic mass is 10.0. The average Bonchev–Trinajstić information content (AvgIpc) is 2.69. The predicted octanol–water partition coefficient (Wildman–Crippen LogP) is 2.65. The minimum absolute atomic E-state index is 0.0777. The largest absolute Gasteiger partial charge is 0.491 e. The molecule has 2 saturated heterocycles. The van der Waals surface area contributed by atoms with Crippen molar-refractivity contribution in [2.24, 2.45) is 0 Å². The van der Waals surface area contributed by atoms with Gasteiger partial charge in [-0.1, -0.05) is 0 Å². The Bertz CT molecular complexity index is 593. The van der Waals surface area contributed by atoms with E-state index in [1.165, 1.54) is 24.3 Å². The van der Waals surface area contributed by atoms with Crippen molar-refractivity contribution < 1.29 is 18.7 Å². The highest BCUT2D eigenvalue weighted by Gasteiger charge is 2.33. The Balaban J connectivity index is 1.44. The summed E-state index contributed by atoms with van der Waals surface area (Å²) in [6.45, 7) is 4.31. The first kappa shape index (κ1) is 20.4. The maximum atomic E-state index is 13.0. The summed E-state index contributed by atoms with van der Waals surface area (Å²) >= 11 is 1.89. The van der Waals surface area contributed by atoms with E-state index in [4.69, 9.17) is 9.47 Å². The number of halogens is 1. The third-order valence-electron chi connectivity index (χ3n) is 5.23. The number of benzene rings is 1. The van der Waals surface area contributed by atoms with E-state index in [1.807, 2.05) is 16.7 Å².